The van der Waals surface area contributed by atoms with Crippen LogP contribution in [-0.4, -0.2) is 35.7 Å². The maximum Gasteiger partial charge on any atom is 0.324 e. The van der Waals surface area contributed by atoms with Gasteiger partial charge in [0.1, 0.15) is 0 Å². The average molecular weight is 226 g/mol. The molecular weight excluding hydrogens is 208 g/mol. The minimum Gasteiger partial charge on any atom is -0.467 e. The molecule has 0 saturated heterocycles. The SMILES string of the molecule is COc1nc(NCC(C)(C)C)nc(OC)n1. The molecule has 1 rings (SSSR count). The smallest absolute Gasteiger partial charge is 0.324 e. The van der Waals surface area contributed by atoms with Crippen LogP contribution >= 0.6 is 0 Å². The zero-order chi connectivity index (χ0) is 12.2. The van der Waals surface area contributed by atoms with E-state index < -0.39 is 0 Å². The topological polar surface area (TPSA) is 69.2 Å². The Labute approximate surface area is 95.4 Å². The molecule has 1 aromatic heterocycles. The summed E-state index contributed by atoms with van der Waals surface area (Å²) in [5.41, 5.74) is 0.146. The first-order chi connectivity index (χ1) is 7.44. The highest BCUT2D eigenvalue weighted by molar-refractivity contribution is 5.27. The van der Waals surface area contributed by atoms with Crippen molar-refractivity contribution in [1.82, 2.24) is 15.0 Å². The van der Waals surface area contributed by atoms with Crippen LogP contribution in [0.15, 0.2) is 0 Å². The summed E-state index contributed by atoms with van der Waals surface area (Å²) in [7, 11) is 3.00. The van der Waals surface area contributed by atoms with Crippen molar-refractivity contribution < 1.29 is 9.47 Å². The Morgan fingerprint density at radius 1 is 1.00 bits per heavy atom. The van der Waals surface area contributed by atoms with Crippen LogP contribution in [0.2, 0.25) is 0 Å². The second-order valence-corrected chi connectivity index (χ2v) is 4.55. The van der Waals surface area contributed by atoms with Crippen molar-refractivity contribution in [3.05, 3.63) is 0 Å². The number of aromatic nitrogens is 3. The van der Waals surface area contributed by atoms with Gasteiger partial charge in [-0.2, -0.15) is 9.97 Å². The molecule has 0 aromatic carbocycles. The van der Waals surface area contributed by atoms with Gasteiger partial charge in [-0.05, 0) is 5.41 Å². The fourth-order valence-electron chi connectivity index (χ4n) is 0.944. The van der Waals surface area contributed by atoms with Gasteiger partial charge in [-0.3, -0.25) is 0 Å². The molecule has 0 radical (unpaired) electrons. The number of methoxy groups -OCH3 is 2. The highest BCUT2D eigenvalue weighted by Crippen LogP contribution is 2.16. The lowest BCUT2D eigenvalue weighted by atomic mass is 9.97. The van der Waals surface area contributed by atoms with Crippen LogP contribution in [0.5, 0.6) is 12.0 Å². The summed E-state index contributed by atoms with van der Waals surface area (Å²) in [6.45, 7) is 7.12. The maximum atomic E-state index is 4.95. The lowest BCUT2D eigenvalue weighted by Crippen LogP contribution is -2.20. The van der Waals surface area contributed by atoms with Crippen molar-refractivity contribution >= 4 is 5.95 Å². The summed E-state index contributed by atoms with van der Waals surface area (Å²) in [5, 5.41) is 3.11. The van der Waals surface area contributed by atoms with E-state index in [0.717, 1.165) is 6.54 Å². The van der Waals surface area contributed by atoms with Gasteiger partial charge < -0.3 is 14.8 Å². The van der Waals surface area contributed by atoms with Crippen LogP contribution in [0.25, 0.3) is 0 Å². The van der Waals surface area contributed by atoms with Gasteiger partial charge in [0.25, 0.3) is 0 Å². The predicted molar refractivity (Wildman–Crippen MR) is 60.9 cm³/mol. The van der Waals surface area contributed by atoms with Crippen molar-refractivity contribution in [3.63, 3.8) is 0 Å². The van der Waals surface area contributed by atoms with Crippen LogP contribution in [0.1, 0.15) is 20.8 Å². The van der Waals surface area contributed by atoms with E-state index in [4.69, 9.17) is 9.47 Å². The molecule has 1 heterocycles. The minimum absolute atomic E-state index is 0.146. The van der Waals surface area contributed by atoms with Gasteiger partial charge in [0.15, 0.2) is 0 Å². The molecule has 0 bridgehead atoms. The van der Waals surface area contributed by atoms with Crippen LogP contribution in [0.4, 0.5) is 5.95 Å². The fourth-order valence-corrected chi connectivity index (χ4v) is 0.944. The molecule has 6 nitrogen and oxygen atoms in total. The van der Waals surface area contributed by atoms with E-state index in [1.165, 1.54) is 14.2 Å². The van der Waals surface area contributed by atoms with Crippen LogP contribution < -0.4 is 14.8 Å². The normalized spacial score (nSPS) is 11.1. The van der Waals surface area contributed by atoms with Crippen molar-refractivity contribution in [3.8, 4) is 12.0 Å². The Balaban J connectivity index is 2.79. The van der Waals surface area contributed by atoms with E-state index in [1.807, 2.05) is 0 Å². The number of hydrogen-bond acceptors (Lipinski definition) is 6. The van der Waals surface area contributed by atoms with E-state index in [1.54, 1.807) is 0 Å². The summed E-state index contributed by atoms with van der Waals surface area (Å²) in [5.74, 6) is 0.457. The number of rotatable bonds is 4. The van der Waals surface area contributed by atoms with Crippen LogP contribution in [0, 0.1) is 5.41 Å². The Hall–Kier alpha value is -1.59. The predicted octanol–water partition coefficient (Wildman–Crippen LogP) is 1.35. The molecule has 1 aromatic rings. The molecule has 6 heteroatoms. The first-order valence-corrected chi connectivity index (χ1v) is 5.02. The van der Waals surface area contributed by atoms with E-state index in [2.05, 4.69) is 41.0 Å². The third-order valence-corrected chi connectivity index (χ3v) is 1.74. The van der Waals surface area contributed by atoms with Gasteiger partial charge >= 0.3 is 12.0 Å². The van der Waals surface area contributed by atoms with Crippen LogP contribution in [0.3, 0.4) is 0 Å². The number of nitrogens with one attached hydrogen (secondary N) is 1. The monoisotopic (exact) mass is 226 g/mol. The van der Waals surface area contributed by atoms with E-state index in [0.29, 0.717) is 5.95 Å². The molecule has 90 valence electrons. The van der Waals surface area contributed by atoms with E-state index in [-0.39, 0.29) is 17.4 Å². The molecule has 1 N–H and O–H groups in total. The summed E-state index contributed by atoms with van der Waals surface area (Å²) in [6.07, 6.45) is 0. The second kappa shape index (κ2) is 4.96. The largest absolute Gasteiger partial charge is 0.467 e. The molecular formula is C10H18N4O2. The van der Waals surface area contributed by atoms with Gasteiger partial charge in [0.2, 0.25) is 5.95 Å². The van der Waals surface area contributed by atoms with Gasteiger partial charge in [0.05, 0.1) is 14.2 Å². The lowest BCUT2D eigenvalue weighted by molar-refractivity contribution is 0.340. The third kappa shape index (κ3) is 3.88. The first-order valence-electron chi connectivity index (χ1n) is 5.02. The summed E-state index contributed by atoms with van der Waals surface area (Å²) in [4.78, 5) is 12.0. The van der Waals surface area contributed by atoms with Crippen LogP contribution in [-0.2, 0) is 0 Å². The van der Waals surface area contributed by atoms with E-state index in [9.17, 15) is 0 Å². The molecule has 0 spiro atoms. The zero-order valence-electron chi connectivity index (χ0n) is 10.4. The van der Waals surface area contributed by atoms with Gasteiger partial charge in [-0.1, -0.05) is 20.8 Å². The van der Waals surface area contributed by atoms with E-state index >= 15 is 0 Å². The molecule has 0 aliphatic carbocycles. The molecule has 0 unspecified atom stereocenters. The quantitative estimate of drug-likeness (QED) is 0.835. The first kappa shape index (κ1) is 12.5. The van der Waals surface area contributed by atoms with Crippen molar-refractivity contribution in [1.29, 1.82) is 0 Å². The third-order valence-electron chi connectivity index (χ3n) is 1.74. The standard InChI is InChI=1S/C10H18N4O2/c1-10(2,3)6-11-7-12-8(15-4)14-9(13-7)16-5/h6H2,1-5H3,(H,11,12,13,14). The van der Waals surface area contributed by atoms with Gasteiger partial charge in [0, 0.05) is 6.54 Å². The summed E-state index contributed by atoms with van der Waals surface area (Å²) >= 11 is 0. The molecule has 0 aliphatic rings. The van der Waals surface area contributed by atoms with Crippen molar-refractivity contribution in [2.75, 3.05) is 26.1 Å². The highest BCUT2D eigenvalue weighted by atomic mass is 16.5. The number of nitrogens with zero attached hydrogens (tertiary/aromatic N) is 3. The number of ether oxygens (including phenoxy) is 2. The second-order valence-electron chi connectivity index (χ2n) is 4.55. The van der Waals surface area contributed by atoms with Crippen molar-refractivity contribution in [2.24, 2.45) is 5.41 Å². The Morgan fingerprint density at radius 3 is 1.88 bits per heavy atom. The Kier molecular flexibility index (Phi) is 3.87. The maximum absolute atomic E-state index is 4.95. The Bertz CT molecular complexity index is 327. The molecule has 0 atom stereocenters. The zero-order valence-corrected chi connectivity index (χ0v) is 10.4. The number of hydrogen-bond donors (Lipinski definition) is 1. The number of anilines is 1. The Morgan fingerprint density at radius 2 is 1.50 bits per heavy atom. The highest BCUT2D eigenvalue weighted by Gasteiger charge is 2.12. The van der Waals surface area contributed by atoms with Gasteiger partial charge in [-0.15, -0.1) is 4.98 Å². The molecule has 0 saturated carbocycles. The average Bonchev–Trinajstić information content (AvgIpc) is 2.25. The molecule has 0 fully saturated rings. The summed E-state index contributed by atoms with van der Waals surface area (Å²) in [6, 6.07) is 0.478. The molecule has 16 heavy (non-hydrogen) atoms. The van der Waals surface area contributed by atoms with Gasteiger partial charge in [-0.25, -0.2) is 0 Å². The molecule has 0 aliphatic heterocycles. The van der Waals surface area contributed by atoms with Crippen molar-refractivity contribution in [2.45, 2.75) is 20.8 Å². The lowest BCUT2D eigenvalue weighted by Gasteiger charge is -2.18. The summed E-state index contributed by atoms with van der Waals surface area (Å²) < 4.78 is 9.89. The fraction of sp³-hybridized carbons (Fsp3) is 0.700. The molecule has 0 amide bonds. The minimum atomic E-state index is 0.146.